The van der Waals surface area contributed by atoms with Gasteiger partial charge in [-0.15, -0.1) is 0 Å². The SMILES string of the molecule is Cc1cccc(CCc2nc3ccc(-c4ccncc4)cc3[nH]2)c1. The van der Waals surface area contributed by atoms with Crippen LogP contribution in [0.15, 0.2) is 67.0 Å². The number of nitrogens with one attached hydrogen (secondary N) is 1. The van der Waals surface area contributed by atoms with Gasteiger partial charge in [-0.1, -0.05) is 35.9 Å². The summed E-state index contributed by atoms with van der Waals surface area (Å²) < 4.78 is 0. The van der Waals surface area contributed by atoms with Gasteiger partial charge in [0.05, 0.1) is 11.0 Å². The number of aryl methyl sites for hydroxylation is 3. The van der Waals surface area contributed by atoms with E-state index in [1.807, 2.05) is 24.5 Å². The molecule has 0 fully saturated rings. The third-order valence-corrected chi connectivity index (χ3v) is 4.28. The van der Waals surface area contributed by atoms with Crippen LogP contribution in [0.2, 0.25) is 0 Å². The smallest absolute Gasteiger partial charge is 0.107 e. The van der Waals surface area contributed by atoms with Crippen molar-refractivity contribution in [1.29, 1.82) is 0 Å². The summed E-state index contributed by atoms with van der Waals surface area (Å²) in [5.41, 5.74) is 7.12. The standard InChI is InChI=1S/C21H19N3/c1-15-3-2-4-16(13-15)5-8-21-23-19-7-6-18(14-20(19)24-21)17-9-11-22-12-10-17/h2-4,6-7,9-14H,5,8H2,1H3,(H,23,24). The summed E-state index contributed by atoms with van der Waals surface area (Å²) in [5, 5.41) is 0. The maximum Gasteiger partial charge on any atom is 0.107 e. The molecule has 0 unspecified atom stereocenters. The van der Waals surface area contributed by atoms with E-state index in [-0.39, 0.29) is 0 Å². The van der Waals surface area contributed by atoms with Gasteiger partial charge in [-0.05, 0) is 54.3 Å². The number of hydrogen-bond donors (Lipinski definition) is 1. The predicted molar refractivity (Wildman–Crippen MR) is 97.9 cm³/mol. The molecule has 2 heterocycles. The largest absolute Gasteiger partial charge is 0.342 e. The number of aromatic amines is 1. The first-order valence-corrected chi connectivity index (χ1v) is 8.22. The van der Waals surface area contributed by atoms with Crippen LogP contribution >= 0.6 is 0 Å². The summed E-state index contributed by atoms with van der Waals surface area (Å²) in [7, 11) is 0. The van der Waals surface area contributed by atoms with E-state index in [1.54, 1.807) is 0 Å². The van der Waals surface area contributed by atoms with Crippen LogP contribution < -0.4 is 0 Å². The molecule has 24 heavy (non-hydrogen) atoms. The molecule has 1 N–H and O–H groups in total. The van der Waals surface area contributed by atoms with Gasteiger partial charge in [0.15, 0.2) is 0 Å². The second-order valence-electron chi connectivity index (χ2n) is 6.14. The number of H-pyrrole nitrogens is 1. The zero-order valence-corrected chi connectivity index (χ0v) is 13.7. The van der Waals surface area contributed by atoms with Crippen molar-refractivity contribution in [1.82, 2.24) is 15.0 Å². The zero-order valence-electron chi connectivity index (χ0n) is 13.7. The molecule has 0 saturated carbocycles. The van der Waals surface area contributed by atoms with Crippen LogP contribution in [0.5, 0.6) is 0 Å². The lowest BCUT2D eigenvalue weighted by Crippen LogP contribution is -1.93. The van der Waals surface area contributed by atoms with Crippen molar-refractivity contribution in [3.05, 3.63) is 83.9 Å². The second kappa shape index (κ2) is 6.28. The molecule has 0 aliphatic carbocycles. The van der Waals surface area contributed by atoms with Crippen molar-refractivity contribution >= 4 is 11.0 Å². The monoisotopic (exact) mass is 313 g/mol. The Bertz CT molecular complexity index is 971. The molecule has 4 rings (SSSR count). The van der Waals surface area contributed by atoms with Crippen molar-refractivity contribution in [3.8, 4) is 11.1 Å². The highest BCUT2D eigenvalue weighted by Crippen LogP contribution is 2.23. The highest BCUT2D eigenvalue weighted by atomic mass is 14.9. The molecule has 4 aromatic rings. The first-order valence-electron chi connectivity index (χ1n) is 8.22. The number of nitrogens with zero attached hydrogens (tertiary/aromatic N) is 2. The van der Waals surface area contributed by atoms with Crippen LogP contribution in [-0.4, -0.2) is 15.0 Å². The molecule has 0 aliphatic rings. The van der Waals surface area contributed by atoms with E-state index in [0.29, 0.717) is 0 Å². The van der Waals surface area contributed by atoms with E-state index in [4.69, 9.17) is 4.98 Å². The first kappa shape index (κ1) is 14.6. The number of hydrogen-bond acceptors (Lipinski definition) is 2. The fraction of sp³-hybridized carbons (Fsp3) is 0.143. The van der Waals surface area contributed by atoms with Gasteiger partial charge in [0.2, 0.25) is 0 Å². The van der Waals surface area contributed by atoms with Crippen LogP contribution in [0.25, 0.3) is 22.2 Å². The highest BCUT2D eigenvalue weighted by molar-refractivity contribution is 5.81. The van der Waals surface area contributed by atoms with Gasteiger partial charge >= 0.3 is 0 Å². The third-order valence-electron chi connectivity index (χ3n) is 4.28. The molecule has 0 bridgehead atoms. The van der Waals surface area contributed by atoms with Crippen LogP contribution in [0.4, 0.5) is 0 Å². The van der Waals surface area contributed by atoms with Crippen molar-refractivity contribution in [2.24, 2.45) is 0 Å². The van der Waals surface area contributed by atoms with Gasteiger partial charge in [0.1, 0.15) is 5.82 Å². The summed E-state index contributed by atoms with van der Waals surface area (Å²) in [6.07, 6.45) is 5.56. The predicted octanol–water partition coefficient (Wildman–Crippen LogP) is 4.72. The average molecular weight is 313 g/mol. The Morgan fingerprint density at radius 3 is 2.58 bits per heavy atom. The Balaban J connectivity index is 1.57. The van der Waals surface area contributed by atoms with E-state index in [9.17, 15) is 0 Å². The quantitative estimate of drug-likeness (QED) is 0.592. The van der Waals surface area contributed by atoms with Crippen LogP contribution in [0.3, 0.4) is 0 Å². The van der Waals surface area contributed by atoms with Crippen molar-refractivity contribution in [2.75, 3.05) is 0 Å². The molecule has 2 aromatic heterocycles. The van der Waals surface area contributed by atoms with Gasteiger partial charge in [-0.2, -0.15) is 0 Å². The summed E-state index contributed by atoms with van der Waals surface area (Å²) >= 11 is 0. The van der Waals surface area contributed by atoms with Gasteiger partial charge in [-0.3, -0.25) is 4.98 Å². The summed E-state index contributed by atoms with van der Waals surface area (Å²) in [5.74, 6) is 1.04. The number of fused-ring (bicyclic) bond motifs is 1. The highest BCUT2D eigenvalue weighted by Gasteiger charge is 2.05. The van der Waals surface area contributed by atoms with Gasteiger partial charge in [-0.25, -0.2) is 4.98 Å². The van der Waals surface area contributed by atoms with Crippen LogP contribution in [-0.2, 0) is 12.8 Å². The molecule has 3 nitrogen and oxygen atoms in total. The van der Waals surface area contributed by atoms with Crippen molar-refractivity contribution < 1.29 is 0 Å². The van der Waals surface area contributed by atoms with Crippen molar-refractivity contribution in [2.45, 2.75) is 19.8 Å². The maximum absolute atomic E-state index is 4.72. The van der Waals surface area contributed by atoms with E-state index in [0.717, 1.165) is 29.7 Å². The fourth-order valence-corrected chi connectivity index (χ4v) is 3.04. The maximum atomic E-state index is 4.72. The number of imidazole rings is 1. The number of benzene rings is 2. The van der Waals surface area contributed by atoms with Crippen LogP contribution in [0, 0.1) is 6.92 Å². The minimum atomic E-state index is 0.919. The molecule has 3 heteroatoms. The fourth-order valence-electron chi connectivity index (χ4n) is 3.04. The number of pyridine rings is 1. The summed E-state index contributed by atoms with van der Waals surface area (Å²) in [4.78, 5) is 12.3. The third kappa shape index (κ3) is 3.06. The first-order chi connectivity index (χ1) is 11.8. The molecular formula is C21H19N3. The minimum absolute atomic E-state index is 0.919. The molecule has 0 saturated heterocycles. The Labute approximate surface area is 141 Å². The second-order valence-corrected chi connectivity index (χ2v) is 6.14. The summed E-state index contributed by atoms with van der Waals surface area (Å²) in [6.45, 7) is 2.13. The topological polar surface area (TPSA) is 41.6 Å². The van der Waals surface area contributed by atoms with Crippen molar-refractivity contribution in [3.63, 3.8) is 0 Å². The molecule has 0 spiro atoms. The molecule has 2 aromatic carbocycles. The average Bonchev–Trinajstić information content (AvgIpc) is 3.03. The summed E-state index contributed by atoms with van der Waals surface area (Å²) in [6, 6.07) is 19.1. The number of aromatic nitrogens is 3. The lowest BCUT2D eigenvalue weighted by molar-refractivity contribution is 0.889. The Morgan fingerprint density at radius 1 is 0.875 bits per heavy atom. The van der Waals surface area contributed by atoms with E-state index < -0.39 is 0 Å². The molecular weight excluding hydrogens is 294 g/mol. The Morgan fingerprint density at radius 2 is 1.75 bits per heavy atom. The van der Waals surface area contributed by atoms with E-state index in [2.05, 4.69) is 59.4 Å². The zero-order chi connectivity index (χ0) is 16.4. The Kier molecular flexibility index (Phi) is 3.83. The lowest BCUT2D eigenvalue weighted by atomic mass is 10.1. The lowest BCUT2D eigenvalue weighted by Gasteiger charge is -2.00. The molecule has 0 amide bonds. The Hall–Kier alpha value is -2.94. The van der Waals surface area contributed by atoms with E-state index >= 15 is 0 Å². The van der Waals surface area contributed by atoms with Crippen LogP contribution in [0.1, 0.15) is 17.0 Å². The normalized spacial score (nSPS) is 11.0. The molecule has 0 aliphatic heterocycles. The molecule has 118 valence electrons. The van der Waals surface area contributed by atoms with Gasteiger partial charge in [0, 0.05) is 18.8 Å². The van der Waals surface area contributed by atoms with Gasteiger partial charge in [0.25, 0.3) is 0 Å². The molecule has 0 radical (unpaired) electrons. The van der Waals surface area contributed by atoms with E-state index in [1.165, 1.54) is 22.3 Å². The van der Waals surface area contributed by atoms with Gasteiger partial charge < -0.3 is 4.98 Å². The number of rotatable bonds is 4. The minimum Gasteiger partial charge on any atom is -0.342 e. The molecule has 0 atom stereocenters.